The summed E-state index contributed by atoms with van der Waals surface area (Å²) in [4.78, 5) is 7.63. The van der Waals surface area contributed by atoms with Gasteiger partial charge >= 0.3 is 0 Å². The Hall–Kier alpha value is -1.58. The van der Waals surface area contributed by atoms with Gasteiger partial charge in [0.05, 0.1) is 11.0 Å². The van der Waals surface area contributed by atoms with Crippen LogP contribution in [0.4, 0.5) is 10.3 Å². The van der Waals surface area contributed by atoms with Crippen LogP contribution < -0.4 is 5.32 Å². The third-order valence-electron chi connectivity index (χ3n) is 4.33. The lowest BCUT2D eigenvalue weighted by Crippen LogP contribution is -2.26. The second-order valence-electron chi connectivity index (χ2n) is 5.90. The van der Waals surface area contributed by atoms with Crippen molar-refractivity contribution in [3.05, 3.63) is 24.0 Å². The Bertz CT molecular complexity index is 570. The van der Waals surface area contributed by atoms with Gasteiger partial charge in [-0.1, -0.05) is 19.8 Å². The Kier molecular flexibility index (Phi) is 3.90. The van der Waals surface area contributed by atoms with Crippen molar-refractivity contribution in [3.8, 4) is 0 Å². The van der Waals surface area contributed by atoms with E-state index in [4.69, 9.17) is 0 Å². The number of fused-ring (bicyclic) bond motifs is 1. The maximum Gasteiger partial charge on any atom is 0.201 e. The van der Waals surface area contributed by atoms with E-state index in [1.165, 1.54) is 50.7 Å². The zero-order valence-corrected chi connectivity index (χ0v) is 12.0. The highest BCUT2D eigenvalue weighted by Gasteiger charge is 2.21. The molecule has 0 bridgehead atoms. The largest absolute Gasteiger partial charge is 0.353 e. The van der Waals surface area contributed by atoms with Crippen LogP contribution in [0, 0.1) is 11.7 Å². The minimum Gasteiger partial charge on any atom is -0.353 e. The number of hydrogen-bond acceptors (Lipinski definition) is 2. The lowest BCUT2D eigenvalue weighted by Gasteiger charge is -2.28. The van der Waals surface area contributed by atoms with Crippen molar-refractivity contribution >= 4 is 17.0 Å². The van der Waals surface area contributed by atoms with Crippen LogP contribution in [0.25, 0.3) is 11.0 Å². The molecule has 4 heteroatoms. The lowest BCUT2D eigenvalue weighted by molar-refractivity contribution is 0.318. The van der Waals surface area contributed by atoms with Gasteiger partial charge in [-0.2, -0.15) is 0 Å². The average molecular weight is 275 g/mol. The molecule has 2 aromatic rings. The smallest absolute Gasteiger partial charge is 0.201 e. The second kappa shape index (κ2) is 5.81. The molecule has 20 heavy (non-hydrogen) atoms. The van der Waals surface area contributed by atoms with Crippen LogP contribution in [0.5, 0.6) is 0 Å². The molecule has 1 fully saturated rings. The van der Waals surface area contributed by atoms with E-state index >= 15 is 0 Å². The van der Waals surface area contributed by atoms with Crippen molar-refractivity contribution in [1.29, 1.82) is 0 Å². The molecule has 1 aliphatic carbocycles. The van der Waals surface area contributed by atoms with Gasteiger partial charge < -0.3 is 10.3 Å². The maximum absolute atomic E-state index is 13.2. The van der Waals surface area contributed by atoms with Crippen LogP contribution in [-0.4, -0.2) is 16.0 Å². The normalized spacial score (nSPS) is 23.1. The Labute approximate surface area is 119 Å². The first-order chi connectivity index (χ1) is 9.74. The van der Waals surface area contributed by atoms with Gasteiger partial charge in [-0.25, -0.2) is 9.37 Å². The topological polar surface area (TPSA) is 40.7 Å². The van der Waals surface area contributed by atoms with Gasteiger partial charge in [-0.3, -0.25) is 0 Å². The third kappa shape index (κ3) is 2.94. The summed E-state index contributed by atoms with van der Waals surface area (Å²) in [6.07, 6.45) is 7.67. The third-order valence-corrected chi connectivity index (χ3v) is 4.33. The molecule has 0 saturated heterocycles. The van der Waals surface area contributed by atoms with E-state index in [2.05, 4.69) is 22.2 Å². The van der Waals surface area contributed by atoms with E-state index in [9.17, 15) is 4.39 Å². The highest BCUT2D eigenvalue weighted by molar-refractivity contribution is 5.77. The molecular formula is C16H22FN3. The first kappa shape index (κ1) is 13.4. The van der Waals surface area contributed by atoms with E-state index in [-0.39, 0.29) is 5.82 Å². The first-order valence-electron chi connectivity index (χ1n) is 7.66. The maximum atomic E-state index is 13.2. The van der Waals surface area contributed by atoms with Gasteiger partial charge in [0.2, 0.25) is 5.95 Å². The van der Waals surface area contributed by atoms with Crippen molar-refractivity contribution in [2.45, 2.75) is 51.5 Å². The fourth-order valence-corrected chi connectivity index (χ4v) is 3.25. The Morgan fingerprint density at radius 2 is 2.10 bits per heavy atom. The molecule has 3 rings (SSSR count). The van der Waals surface area contributed by atoms with Crippen LogP contribution in [-0.2, 0) is 0 Å². The van der Waals surface area contributed by atoms with Gasteiger partial charge in [0.25, 0.3) is 0 Å². The lowest BCUT2D eigenvalue weighted by atomic mass is 9.83. The quantitative estimate of drug-likeness (QED) is 0.864. The zero-order valence-electron chi connectivity index (χ0n) is 12.0. The standard InChI is InChI=1S/C16H22FN3/c1-2-3-11-4-7-13(8-5-11)18-16-19-14-9-6-12(17)10-15(14)20-16/h6,9-11,13H,2-5,7-8H2,1H3,(H2,18,19,20). The highest BCUT2D eigenvalue weighted by Crippen LogP contribution is 2.29. The number of benzene rings is 1. The number of anilines is 1. The average Bonchev–Trinajstić information content (AvgIpc) is 2.82. The summed E-state index contributed by atoms with van der Waals surface area (Å²) in [6, 6.07) is 5.15. The van der Waals surface area contributed by atoms with Crippen LogP contribution in [0.1, 0.15) is 45.4 Å². The predicted octanol–water partition coefficient (Wildman–Crippen LogP) is 4.47. The van der Waals surface area contributed by atoms with Gasteiger partial charge in [0.1, 0.15) is 5.82 Å². The summed E-state index contributed by atoms with van der Waals surface area (Å²) >= 11 is 0. The molecule has 1 aromatic carbocycles. The number of nitrogens with one attached hydrogen (secondary N) is 2. The van der Waals surface area contributed by atoms with Crippen molar-refractivity contribution in [1.82, 2.24) is 9.97 Å². The highest BCUT2D eigenvalue weighted by atomic mass is 19.1. The number of hydrogen-bond donors (Lipinski definition) is 2. The first-order valence-corrected chi connectivity index (χ1v) is 7.66. The summed E-state index contributed by atoms with van der Waals surface area (Å²) < 4.78 is 13.2. The number of aromatic amines is 1. The molecule has 1 aliphatic rings. The molecule has 2 N–H and O–H groups in total. The van der Waals surface area contributed by atoms with Crippen molar-refractivity contribution in [3.63, 3.8) is 0 Å². The predicted molar refractivity (Wildman–Crippen MR) is 80.3 cm³/mol. The molecule has 0 amide bonds. The molecule has 0 atom stereocenters. The molecule has 3 nitrogen and oxygen atoms in total. The minimum atomic E-state index is -0.229. The van der Waals surface area contributed by atoms with E-state index in [0.29, 0.717) is 6.04 Å². The van der Waals surface area contributed by atoms with E-state index in [1.54, 1.807) is 6.07 Å². The van der Waals surface area contributed by atoms with Crippen molar-refractivity contribution in [2.24, 2.45) is 5.92 Å². The molecule has 1 heterocycles. The van der Waals surface area contributed by atoms with Gasteiger partial charge in [-0.15, -0.1) is 0 Å². The van der Waals surface area contributed by atoms with Gasteiger partial charge in [-0.05, 0) is 49.8 Å². The summed E-state index contributed by atoms with van der Waals surface area (Å²) in [7, 11) is 0. The van der Waals surface area contributed by atoms with Crippen molar-refractivity contribution < 1.29 is 4.39 Å². The zero-order chi connectivity index (χ0) is 13.9. The van der Waals surface area contributed by atoms with Crippen LogP contribution in [0.3, 0.4) is 0 Å². The molecule has 1 saturated carbocycles. The molecular weight excluding hydrogens is 253 g/mol. The molecule has 1 aromatic heterocycles. The SMILES string of the molecule is CCCC1CCC(Nc2nc3ccc(F)cc3[nH]2)CC1. The Morgan fingerprint density at radius 1 is 1.30 bits per heavy atom. The van der Waals surface area contributed by atoms with Gasteiger partial charge in [0, 0.05) is 6.04 Å². The number of aromatic nitrogens is 2. The monoisotopic (exact) mass is 275 g/mol. The van der Waals surface area contributed by atoms with E-state index < -0.39 is 0 Å². The van der Waals surface area contributed by atoms with Crippen LogP contribution in [0.2, 0.25) is 0 Å². The van der Waals surface area contributed by atoms with E-state index in [1.807, 2.05) is 0 Å². The Morgan fingerprint density at radius 3 is 2.85 bits per heavy atom. The second-order valence-corrected chi connectivity index (χ2v) is 5.90. The van der Waals surface area contributed by atoms with Crippen molar-refractivity contribution in [2.75, 3.05) is 5.32 Å². The van der Waals surface area contributed by atoms with Gasteiger partial charge in [0.15, 0.2) is 0 Å². The van der Waals surface area contributed by atoms with E-state index in [0.717, 1.165) is 22.9 Å². The molecule has 0 spiro atoms. The fourth-order valence-electron chi connectivity index (χ4n) is 3.25. The minimum absolute atomic E-state index is 0.229. The summed E-state index contributed by atoms with van der Waals surface area (Å²) in [5.41, 5.74) is 1.57. The number of H-pyrrole nitrogens is 1. The number of imidazole rings is 1. The molecule has 108 valence electrons. The number of nitrogens with zero attached hydrogens (tertiary/aromatic N) is 1. The molecule has 0 aliphatic heterocycles. The summed E-state index contributed by atoms with van der Waals surface area (Å²) in [5, 5.41) is 3.46. The molecule has 0 unspecified atom stereocenters. The van der Waals surface area contributed by atoms with Crippen LogP contribution >= 0.6 is 0 Å². The van der Waals surface area contributed by atoms with Crippen LogP contribution in [0.15, 0.2) is 18.2 Å². The fraction of sp³-hybridized carbons (Fsp3) is 0.562. The summed E-state index contributed by atoms with van der Waals surface area (Å²) in [5.74, 6) is 1.44. The summed E-state index contributed by atoms with van der Waals surface area (Å²) in [6.45, 7) is 2.26. The molecule has 0 radical (unpaired) electrons. The Balaban J connectivity index is 1.62. The number of rotatable bonds is 4. The number of halogens is 1.